The Kier molecular flexibility index (Phi) is 3.23. The van der Waals surface area contributed by atoms with Crippen LogP contribution in [0.1, 0.15) is 24.8 Å². The van der Waals surface area contributed by atoms with Gasteiger partial charge in [0.15, 0.2) is 0 Å². The van der Waals surface area contributed by atoms with Gasteiger partial charge >= 0.3 is 12.0 Å². The van der Waals surface area contributed by atoms with Crippen molar-refractivity contribution in [1.82, 2.24) is 5.32 Å². The van der Waals surface area contributed by atoms with E-state index in [2.05, 4.69) is 10.6 Å². The molecule has 1 aromatic rings. The molecule has 5 nitrogen and oxygen atoms in total. The van der Waals surface area contributed by atoms with Crippen molar-refractivity contribution in [2.24, 2.45) is 0 Å². The normalized spacial score (nSPS) is 16.5. The van der Waals surface area contributed by atoms with Crippen molar-refractivity contribution in [2.75, 3.05) is 5.32 Å². The first-order chi connectivity index (χ1) is 8.52. The van der Waals surface area contributed by atoms with Gasteiger partial charge in [-0.3, -0.25) is 0 Å². The van der Waals surface area contributed by atoms with Crippen LogP contribution in [0.5, 0.6) is 0 Å². The summed E-state index contributed by atoms with van der Waals surface area (Å²) in [4.78, 5) is 22.8. The summed E-state index contributed by atoms with van der Waals surface area (Å²) in [5, 5.41) is 14.3. The zero-order chi connectivity index (χ0) is 13.2. The fraction of sp³-hybridized carbons (Fsp3) is 0.385. The van der Waals surface area contributed by atoms with E-state index in [4.69, 9.17) is 5.11 Å². The van der Waals surface area contributed by atoms with E-state index >= 15 is 0 Å². The molecule has 1 aliphatic carbocycles. The number of aryl methyl sites for hydroxylation is 1. The number of carboxylic acids is 1. The molecule has 0 aromatic heterocycles. The molecule has 3 N–H and O–H groups in total. The molecule has 0 saturated heterocycles. The molecule has 0 atom stereocenters. The highest BCUT2D eigenvalue weighted by atomic mass is 16.4. The van der Waals surface area contributed by atoms with Gasteiger partial charge in [0.2, 0.25) is 0 Å². The van der Waals surface area contributed by atoms with Crippen molar-refractivity contribution in [1.29, 1.82) is 0 Å². The van der Waals surface area contributed by atoms with Crippen LogP contribution in [0.4, 0.5) is 10.5 Å². The number of nitrogens with one attached hydrogen (secondary N) is 2. The summed E-state index contributed by atoms with van der Waals surface area (Å²) in [7, 11) is 0. The Labute approximate surface area is 105 Å². The lowest BCUT2D eigenvalue weighted by molar-refractivity contribution is -0.148. The van der Waals surface area contributed by atoms with Crippen LogP contribution in [0.2, 0.25) is 0 Å². The standard InChI is InChI=1S/C13H16N2O3/c1-9-3-5-10(6-4-9)14-12(18)15-13(11(16)17)7-2-8-13/h3-6H,2,7-8H2,1H3,(H,16,17)(H2,14,15,18). The van der Waals surface area contributed by atoms with Gasteiger partial charge in [-0.25, -0.2) is 9.59 Å². The van der Waals surface area contributed by atoms with Gasteiger partial charge in [0.05, 0.1) is 0 Å². The number of carbonyl (C=O) groups is 2. The summed E-state index contributed by atoms with van der Waals surface area (Å²) in [5.74, 6) is -0.965. The number of benzene rings is 1. The molecule has 18 heavy (non-hydrogen) atoms. The minimum absolute atomic E-state index is 0.471. The number of hydrogen-bond donors (Lipinski definition) is 3. The van der Waals surface area contributed by atoms with E-state index in [-0.39, 0.29) is 0 Å². The van der Waals surface area contributed by atoms with E-state index in [1.807, 2.05) is 19.1 Å². The number of rotatable bonds is 3. The molecule has 1 aromatic carbocycles. The van der Waals surface area contributed by atoms with E-state index < -0.39 is 17.5 Å². The molecule has 0 aliphatic heterocycles. The number of urea groups is 1. The summed E-state index contributed by atoms with van der Waals surface area (Å²) in [6.07, 6.45) is 1.81. The number of amides is 2. The third kappa shape index (κ3) is 2.45. The monoisotopic (exact) mass is 248 g/mol. The van der Waals surface area contributed by atoms with E-state index in [0.717, 1.165) is 12.0 Å². The number of carbonyl (C=O) groups excluding carboxylic acids is 1. The number of carboxylic acid groups (broad SMARTS) is 1. The second-order valence-corrected chi connectivity index (χ2v) is 4.69. The van der Waals surface area contributed by atoms with Crippen molar-refractivity contribution in [3.63, 3.8) is 0 Å². The summed E-state index contributed by atoms with van der Waals surface area (Å²) in [5.41, 5.74) is 0.675. The van der Waals surface area contributed by atoms with Gasteiger partial charge in [0, 0.05) is 5.69 Å². The fourth-order valence-corrected chi connectivity index (χ4v) is 1.94. The second kappa shape index (κ2) is 4.68. The van der Waals surface area contributed by atoms with Crippen LogP contribution in [0.25, 0.3) is 0 Å². The van der Waals surface area contributed by atoms with E-state index in [9.17, 15) is 9.59 Å². The topological polar surface area (TPSA) is 78.4 Å². The first-order valence-electron chi connectivity index (χ1n) is 5.91. The second-order valence-electron chi connectivity index (χ2n) is 4.69. The Morgan fingerprint density at radius 3 is 2.28 bits per heavy atom. The highest BCUT2D eigenvalue weighted by Crippen LogP contribution is 2.32. The fourth-order valence-electron chi connectivity index (χ4n) is 1.94. The van der Waals surface area contributed by atoms with Crippen molar-refractivity contribution in [3.8, 4) is 0 Å². The van der Waals surface area contributed by atoms with Crippen LogP contribution in [0.15, 0.2) is 24.3 Å². The molecule has 1 fully saturated rings. The van der Waals surface area contributed by atoms with Gasteiger partial charge < -0.3 is 15.7 Å². The van der Waals surface area contributed by atoms with Gasteiger partial charge in [-0.15, -0.1) is 0 Å². The van der Waals surface area contributed by atoms with Gasteiger partial charge in [0.25, 0.3) is 0 Å². The lowest BCUT2D eigenvalue weighted by atomic mass is 9.77. The smallest absolute Gasteiger partial charge is 0.329 e. The van der Waals surface area contributed by atoms with Crippen LogP contribution in [-0.4, -0.2) is 22.6 Å². The minimum Gasteiger partial charge on any atom is -0.480 e. The molecule has 5 heteroatoms. The third-order valence-corrected chi connectivity index (χ3v) is 3.28. The van der Waals surface area contributed by atoms with Crippen LogP contribution in [-0.2, 0) is 4.79 Å². The average molecular weight is 248 g/mol. The number of hydrogen-bond acceptors (Lipinski definition) is 2. The molecular weight excluding hydrogens is 232 g/mol. The van der Waals surface area contributed by atoms with Gasteiger partial charge in [-0.05, 0) is 38.3 Å². The van der Waals surface area contributed by atoms with Crippen LogP contribution in [0, 0.1) is 6.92 Å². The Balaban J connectivity index is 1.96. The van der Waals surface area contributed by atoms with Crippen molar-refractivity contribution >= 4 is 17.7 Å². The van der Waals surface area contributed by atoms with Crippen LogP contribution in [0.3, 0.4) is 0 Å². The SMILES string of the molecule is Cc1ccc(NC(=O)NC2(C(=O)O)CCC2)cc1. The highest BCUT2D eigenvalue weighted by molar-refractivity contribution is 5.94. The lowest BCUT2D eigenvalue weighted by Gasteiger charge is -2.38. The summed E-state index contributed by atoms with van der Waals surface area (Å²) >= 11 is 0. The van der Waals surface area contributed by atoms with E-state index in [1.165, 1.54) is 0 Å². The third-order valence-electron chi connectivity index (χ3n) is 3.28. The molecule has 0 spiro atoms. The Morgan fingerprint density at radius 2 is 1.83 bits per heavy atom. The summed E-state index contributed by atoms with van der Waals surface area (Å²) in [6, 6.07) is 6.85. The largest absolute Gasteiger partial charge is 0.480 e. The molecule has 1 saturated carbocycles. The predicted molar refractivity (Wildman–Crippen MR) is 67.6 cm³/mol. The number of anilines is 1. The van der Waals surface area contributed by atoms with Crippen molar-refractivity contribution in [2.45, 2.75) is 31.7 Å². The zero-order valence-electron chi connectivity index (χ0n) is 10.2. The van der Waals surface area contributed by atoms with Crippen molar-refractivity contribution < 1.29 is 14.7 Å². The Hall–Kier alpha value is -2.04. The van der Waals surface area contributed by atoms with E-state index in [1.54, 1.807) is 12.1 Å². The highest BCUT2D eigenvalue weighted by Gasteiger charge is 2.45. The zero-order valence-corrected chi connectivity index (χ0v) is 10.2. The summed E-state index contributed by atoms with van der Waals surface area (Å²) < 4.78 is 0. The van der Waals surface area contributed by atoms with Crippen LogP contribution >= 0.6 is 0 Å². The van der Waals surface area contributed by atoms with Gasteiger partial charge in [-0.2, -0.15) is 0 Å². The van der Waals surface area contributed by atoms with E-state index in [0.29, 0.717) is 18.5 Å². The van der Waals surface area contributed by atoms with Gasteiger partial charge in [-0.1, -0.05) is 17.7 Å². The lowest BCUT2D eigenvalue weighted by Crippen LogP contribution is -2.60. The molecule has 0 radical (unpaired) electrons. The maximum Gasteiger partial charge on any atom is 0.329 e. The molecular formula is C13H16N2O3. The maximum atomic E-state index is 11.7. The Bertz CT molecular complexity index is 464. The molecule has 0 heterocycles. The molecule has 2 amide bonds. The number of aliphatic carboxylic acids is 1. The molecule has 2 rings (SSSR count). The molecule has 0 bridgehead atoms. The first kappa shape index (κ1) is 12.4. The molecule has 0 unspecified atom stereocenters. The Morgan fingerprint density at radius 1 is 1.22 bits per heavy atom. The first-order valence-corrected chi connectivity index (χ1v) is 5.91. The van der Waals surface area contributed by atoms with Crippen LogP contribution < -0.4 is 10.6 Å². The predicted octanol–water partition coefficient (Wildman–Crippen LogP) is 2.12. The minimum atomic E-state index is -1.07. The summed E-state index contributed by atoms with van der Waals surface area (Å²) in [6.45, 7) is 1.96. The molecule has 1 aliphatic rings. The van der Waals surface area contributed by atoms with Gasteiger partial charge in [0.1, 0.15) is 5.54 Å². The average Bonchev–Trinajstić information content (AvgIpc) is 2.26. The van der Waals surface area contributed by atoms with Crippen molar-refractivity contribution in [3.05, 3.63) is 29.8 Å². The quantitative estimate of drug-likeness (QED) is 0.766. The maximum absolute atomic E-state index is 11.7. The molecule has 96 valence electrons.